The summed E-state index contributed by atoms with van der Waals surface area (Å²) in [6.07, 6.45) is 4.27. The van der Waals surface area contributed by atoms with Gasteiger partial charge in [0, 0.05) is 6.07 Å². The Bertz CT molecular complexity index is 320. The molecule has 0 amide bonds. The van der Waals surface area contributed by atoms with Crippen LogP contribution in [0.25, 0.3) is 0 Å². The quantitative estimate of drug-likeness (QED) is 0.748. The molecule has 0 saturated carbocycles. The first-order valence-corrected chi connectivity index (χ1v) is 5.90. The fourth-order valence-corrected chi connectivity index (χ4v) is 1.53. The Morgan fingerprint density at radius 2 is 1.94 bits per heavy atom. The van der Waals surface area contributed by atoms with Gasteiger partial charge in [0.2, 0.25) is 0 Å². The summed E-state index contributed by atoms with van der Waals surface area (Å²) >= 11 is 5.63. The lowest BCUT2D eigenvalue weighted by Crippen LogP contribution is -2.00. The molecule has 0 spiro atoms. The second kappa shape index (κ2) is 7.47. The molecule has 0 saturated heterocycles. The molecular weight excluding hydrogens is 229 g/mol. The van der Waals surface area contributed by atoms with Crippen LogP contribution in [-0.4, -0.2) is 13.2 Å². The Morgan fingerprint density at radius 1 is 1.19 bits per heavy atom. The zero-order chi connectivity index (χ0) is 11.8. The molecule has 0 bridgehead atoms. The Morgan fingerprint density at radius 3 is 2.62 bits per heavy atom. The smallest absolute Gasteiger partial charge is 0.142 e. The van der Waals surface area contributed by atoms with Gasteiger partial charge in [-0.2, -0.15) is 0 Å². The third-order valence-electron chi connectivity index (χ3n) is 2.26. The molecule has 1 rings (SSSR count). The van der Waals surface area contributed by atoms with Gasteiger partial charge in [0.1, 0.15) is 11.6 Å². The molecule has 0 radical (unpaired) electrons. The maximum atomic E-state index is 12.8. The highest BCUT2D eigenvalue weighted by molar-refractivity contribution is 6.30. The van der Waals surface area contributed by atoms with E-state index in [4.69, 9.17) is 22.1 Å². The van der Waals surface area contributed by atoms with Gasteiger partial charge in [-0.3, -0.25) is 0 Å². The average Bonchev–Trinajstić information content (AvgIpc) is 2.28. The van der Waals surface area contributed by atoms with Crippen molar-refractivity contribution in [1.82, 2.24) is 0 Å². The van der Waals surface area contributed by atoms with E-state index in [0.717, 1.165) is 32.2 Å². The van der Waals surface area contributed by atoms with Gasteiger partial charge in [0.15, 0.2) is 0 Å². The molecule has 0 aliphatic rings. The average molecular weight is 246 g/mol. The van der Waals surface area contributed by atoms with Crippen LogP contribution in [-0.2, 0) is 0 Å². The Hall–Kier alpha value is -0.800. The first-order valence-electron chi connectivity index (χ1n) is 5.52. The van der Waals surface area contributed by atoms with E-state index in [-0.39, 0.29) is 5.02 Å². The Balaban J connectivity index is 2.19. The van der Waals surface area contributed by atoms with Gasteiger partial charge in [0.05, 0.1) is 11.6 Å². The molecule has 16 heavy (non-hydrogen) atoms. The Labute approximate surface area is 101 Å². The topological polar surface area (TPSA) is 35.2 Å². The molecule has 0 aliphatic heterocycles. The largest absolute Gasteiger partial charge is 0.494 e. The van der Waals surface area contributed by atoms with E-state index in [1.54, 1.807) is 6.07 Å². The van der Waals surface area contributed by atoms with Gasteiger partial charge in [-0.15, -0.1) is 0 Å². The first kappa shape index (κ1) is 13.3. The second-order valence-electron chi connectivity index (χ2n) is 3.63. The first-order chi connectivity index (χ1) is 7.74. The van der Waals surface area contributed by atoms with E-state index in [9.17, 15) is 4.39 Å². The molecule has 2 N–H and O–H groups in total. The summed E-state index contributed by atoms with van der Waals surface area (Å²) in [6.45, 7) is 1.38. The predicted octanol–water partition coefficient (Wildman–Crippen LogP) is 3.38. The van der Waals surface area contributed by atoms with Gasteiger partial charge >= 0.3 is 0 Å². The summed E-state index contributed by atoms with van der Waals surface area (Å²) in [6, 6.07) is 4.39. The second-order valence-corrected chi connectivity index (χ2v) is 4.03. The van der Waals surface area contributed by atoms with Crippen molar-refractivity contribution >= 4 is 11.6 Å². The summed E-state index contributed by atoms with van der Waals surface area (Å²) in [4.78, 5) is 0. The maximum absolute atomic E-state index is 12.8. The number of hydrogen-bond donors (Lipinski definition) is 1. The van der Waals surface area contributed by atoms with Crippen LogP contribution in [0, 0.1) is 5.82 Å². The van der Waals surface area contributed by atoms with E-state index in [1.165, 1.54) is 12.1 Å². The number of hydrogen-bond acceptors (Lipinski definition) is 2. The molecule has 90 valence electrons. The molecule has 0 fully saturated rings. The van der Waals surface area contributed by atoms with Crippen LogP contribution in [0.3, 0.4) is 0 Å². The molecule has 4 heteroatoms. The minimum atomic E-state index is -0.419. The molecule has 0 heterocycles. The van der Waals surface area contributed by atoms with Crippen LogP contribution in [0.1, 0.15) is 25.7 Å². The normalized spacial score (nSPS) is 10.4. The van der Waals surface area contributed by atoms with E-state index < -0.39 is 5.82 Å². The van der Waals surface area contributed by atoms with Gasteiger partial charge in [0.25, 0.3) is 0 Å². The van der Waals surface area contributed by atoms with Crippen molar-refractivity contribution in [1.29, 1.82) is 0 Å². The number of unbranched alkanes of at least 4 members (excludes halogenated alkanes) is 3. The van der Waals surface area contributed by atoms with Crippen molar-refractivity contribution < 1.29 is 9.13 Å². The monoisotopic (exact) mass is 245 g/mol. The standard InChI is InChI=1S/C12H17ClFNO/c13-11-9-10(5-6-12(11)14)16-8-4-2-1-3-7-15/h5-6,9H,1-4,7-8,15H2. The molecule has 1 aromatic carbocycles. The van der Waals surface area contributed by atoms with Crippen LogP contribution >= 0.6 is 11.6 Å². The molecule has 0 unspecified atom stereocenters. The number of halogens is 2. The third-order valence-corrected chi connectivity index (χ3v) is 2.55. The number of benzene rings is 1. The minimum Gasteiger partial charge on any atom is -0.494 e. The van der Waals surface area contributed by atoms with Crippen LogP contribution in [0.15, 0.2) is 18.2 Å². The zero-order valence-electron chi connectivity index (χ0n) is 9.22. The lowest BCUT2D eigenvalue weighted by Gasteiger charge is -2.06. The highest BCUT2D eigenvalue weighted by Gasteiger charge is 2.01. The molecule has 0 aliphatic carbocycles. The van der Waals surface area contributed by atoms with Crippen molar-refractivity contribution in [3.05, 3.63) is 29.0 Å². The van der Waals surface area contributed by atoms with Crippen LogP contribution < -0.4 is 10.5 Å². The van der Waals surface area contributed by atoms with Gasteiger partial charge in [-0.1, -0.05) is 24.4 Å². The van der Waals surface area contributed by atoms with E-state index in [1.807, 2.05) is 0 Å². The maximum Gasteiger partial charge on any atom is 0.142 e. The molecule has 2 nitrogen and oxygen atoms in total. The Kier molecular flexibility index (Phi) is 6.19. The number of rotatable bonds is 7. The molecule has 1 aromatic rings. The summed E-state index contributed by atoms with van der Waals surface area (Å²) in [5.74, 6) is 0.196. The molecule has 0 aromatic heterocycles. The van der Waals surface area contributed by atoms with Crippen molar-refractivity contribution in [2.45, 2.75) is 25.7 Å². The van der Waals surface area contributed by atoms with Crippen LogP contribution in [0.4, 0.5) is 4.39 Å². The van der Waals surface area contributed by atoms with Crippen LogP contribution in [0.2, 0.25) is 5.02 Å². The molecular formula is C12H17ClFNO. The van der Waals surface area contributed by atoms with Gasteiger partial charge < -0.3 is 10.5 Å². The fraction of sp³-hybridized carbons (Fsp3) is 0.500. The van der Waals surface area contributed by atoms with Crippen molar-refractivity contribution in [3.8, 4) is 5.75 Å². The van der Waals surface area contributed by atoms with Crippen molar-refractivity contribution in [3.63, 3.8) is 0 Å². The van der Waals surface area contributed by atoms with E-state index >= 15 is 0 Å². The van der Waals surface area contributed by atoms with E-state index in [0.29, 0.717) is 12.4 Å². The van der Waals surface area contributed by atoms with Crippen molar-refractivity contribution in [2.24, 2.45) is 5.73 Å². The number of nitrogens with two attached hydrogens (primary N) is 1. The number of ether oxygens (including phenoxy) is 1. The lowest BCUT2D eigenvalue weighted by molar-refractivity contribution is 0.304. The highest BCUT2D eigenvalue weighted by atomic mass is 35.5. The lowest BCUT2D eigenvalue weighted by atomic mass is 10.2. The van der Waals surface area contributed by atoms with Crippen LogP contribution in [0.5, 0.6) is 5.75 Å². The predicted molar refractivity (Wildman–Crippen MR) is 64.4 cm³/mol. The summed E-state index contributed by atoms with van der Waals surface area (Å²) < 4.78 is 18.3. The third kappa shape index (κ3) is 4.81. The highest BCUT2D eigenvalue weighted by Crippen LogP contribution is 2.21. The van der Waals surface area contributed by atoms with E-state index in [2.05, 4.69) is 0 Å². The summed E-state index contributed by atoms with van der Waals surface area (Å²) in [7, 11) is 0. The zero-order valence-corrected chi connectivity index (χ0v) is 9.97. The van der Waals surface area contributed by atoms with Crippen molar-refractivity contribution in [2.75, 3.05) is 13.2 Å². The minimum absolute atomic E-state index is 0.0978. The SMILES string of the molecule is NCCCCCCOc1ccc(F)c(Cl)c1. The molecule has 0 atom stereocenters. The van der Waals surface area contributed by atoms with Gasteiger partial charge in [-0.05, 0) is 31.5 Å². The summed E-state index contributed by atoms with van der Waals surface area (Å²) in [5, 5.41) is 0.0978. The van der Waals surface area contributed by atoms with Gasteiger partial charge in [-0.25, -0.2) is 4.39 Å². The summed E-state index contributed by atoms with van der Waals surface area (Å²) in [5.41, 5.74) is 5.38. The fourth-order valence-electron chi connectivity index (χ4n) is 1.36.